The third kappa shape index (κ3) is 5.53. The molecule has 152 valence electrons. The Morgan fingerprint density at radius 2 is 1.68 bits per heavy atom. The lowest BCUT2D eigenvalue weighted by Crippen LogP contribution is -2.40. The third-order valence-electron chi connectivity index (χ3n) is 4.66. The van der Waals surface area contributed by atoms with Gasteiger partial charge in [-0.1, -0.05) is 17.7 Å². The van der Waals surface area contributed by atoms with E-state index in [0.29, 0.717) is 34.5 Å². The largest absolute Gasteiger partial charge is 0.495 e. The maximum Gasteiger partial charge on any atom is 0.241 e. The number of ether oxygens (including phenoxy) is 3. The van der Waals surface area contributed by atoms with Crippen LogP contribution in [0.3, 0.4) is 0 Å². The highest BCUT2D eigenvalue weighted by Gasteiger charge is 2.19. The quantitative estimate of drug-likeness (QED) is 0.685. The van der Waals surface area contributed by atoms with E-state index in [1.807, 2.05) is 37.1 Å². The molecule has 0 saturated heterocycles. The first-order valence-electron chi connectivity index (χ1n) is 8.95. The number of nitrogens with one attached hydrogen (secondary N) is 1. The molecule has 0 fully saturated rings. The minimum Gasteiger partial charge on any atom is -0.495 e. The van der Waals surface area contributed by atoms with E-state index in [0.717, 1.165) is 12.0 Å². The molecule has 0 heterocycles. The smallest absolute Gasteiger partial charge is 0.241 e. The minimum absolute atomic E-state index is 0.129. The average Bonchev–Trinajstić information content (AvgIpc) is 2.71. The van der Waals surface area contributed by atoms with E-state index in [1.165, 1.54) is 0 Å². The molecule has 2 aromatic rings. The molecule has 2 rings (SSSR count). The first-order chi connectivity index (χ1) is 13.4. The Labute approximate surface area is 171 Å². The summed E-state index contributed by atoms with van der Waals surface area (Å²) in [5.41, 5.74) is 1.66. The van der Waals surface area contributed by atoms with Gasteiger partial charge in [-0.05, 0) is 56.3 Å². The average molecular weight is 407 g/mol. The molecule has 0 aliphatic rings. The van der Waals surface area contributed by atoms with Crippen molar-refractivity contribution < 1.29 is 19.0 Å². The van der Waals surface area contributed by atoms with Crippen LogP contribution in [0.1, 0.15) is 12.5 Å². The van der Waals surface area contributed by atoms with E-state index < -0.39 is 0 Å². The number of likely N-dealkylation sites (N-methyl/N-ethyl adjacent to an activating group) is 1. The number of halogens is 1. The molecule has 0 spiro atoms. The van der Waals surface area contributed by atoms with E-state index in [-0.39, 0.29) is 11.9 Å². The van der Waals surface area contributed by atoms with Crippen LogP contribution in [0.2, 0.25) is 5.02 Å². The summed E-state index contributed by atoms with van der Waals surface area (Å²) in [6.45, 7) is 2.57. The van der Waals surface area contributed by atoms with Gasteiger partial charge >= 0.3 is 0 Å². The molecular weight excluding hydrogens is 380 g/mol. The van der Waals surface area contributed by atoms with Gasteiger partial charge in [0.05, 0.1) is 33.1 Å². The third-order valence-corrected chi connectivity index (χ3v) is 4.90. The predicted molar refractivity (Wildman–Crippen MR) is 112 cm³/mol. The first-order valence-corrected chi connectivity index (χ1v) is 9.33. The van der Waals surface area contributed by atoms with Gasteiger partial charge in [-0.2, -0.15) is 0 Å². The fraction of sp³-hybridized carbons (Fsp3) is 0.381. The minimum atomic E-state index is -0.330. The number of rotatable bonds is 9. The number of carbonyl (C=O) groups is 1. The second-order valence-electron chi connectivity index (χ2n) is 6.43. The molecule has 0 unspecified atom stereocenters. The Bertz CT molecular complexity index is 813. The molecule has 0 radical (unpaired) electrons. The number of anilines is 1. The number of nitrogens with zero attached hydrogens (tertiary/aromatic N) is 1. The van der Waals surface area contributed by atoms with Gasteiger partial charge in [0.2, 0.25) is 5.91 Å². The van der Waals surface area contributed by atoms with Crippen LogP contribution >= 0.6 is 11.6 Å². The van der Waals surface area contributed by atoms with Crippen molar-refractivity contribution >= 4 is 23.2 Å². The molecule has 1 atom stereocenters. The summed E-state index contributed by atoms with van der Waals surface area (Å²) >= 11 is 6.03. The Hall–Kier alpha value is -2.44. The molecule has 1 N–H and O–H groups in total. The molecule has 0 aliphatic carbocycles. The lowest BCUT2D eigenvalue weighted by atomic mass is 10.1. The number of amides is 1. The van der Waals surface area contributed by atoms with Gasteiger partial charge < -0.3 is 19.5 Å². The van der Waals surface area contributed by atoms with Gasteiger partial charge in [0.25, 0.3) is 0 Å². The summed E-state index contributed by atoms with van der Waals surface area (Å²) in [6.07, 6.45) is 0.773. The van der Waals surface area contributed by atoms with E-state index in [1.54, 1.807) is 39.5 Å². The highest BCUT2D eigenvalue weighted by molar-refractivity contribution is 6.31. The lowest BCUT2D eigenvalue weighted by molar-refractivity contribution is -0.120. The zero-order valence-electron chi connectivity index (χ0n) is 16.9. The summed E-state index contributed by atoms with van der Waals surface area (Å²) in [5, 5.41) is 3.42. The number of hydrogen-bond donors (Lipinski definition) is 1. The maximum atomic E-state index is 12.6. The Balaban J connectivity index is 1.98. The molecule has 0 aromatic heterocycles. The summed E-state index contributed by atoms with van der Waals surface area (Å²) in [7, 11) is 6.70. The van der Waals surface area contributed by atoms with Crippen molar-refractivity contribution in [2.24, 2.45) is 0 Å². The van der Waals surface area contributed by atoms with Crippen LogP contribution in [0.15, 0.2) is 36.4 Å². The van der Waals surface area contributed by atoms with Crippen molar-refractivity contribution in [1.82, 2.24) is 4.90 Å². The van der Waals surface area contributed by atoms with Crippen molar-refractivity contribution in [3.63, 3.8) is 0 Å². The summed E-state index contributed by atoms with van der Waals surface area (Å²) in [5.74, 6) is 1.83. The summed E-state index contributed by atoms with van der Waals surface area (Å²) < 4.78 is 15.9. The second kappa shape index (κ2) is 10.2. The second-order valence-corrected chi connectivity index (χ2v) is 6.87. The lowest BCUT2D eigenvalue weighted by Gasteiger charge is -2.24. The predicted octanol–water partition coefficient (Wildman–Crippen LogP) is 3.87. The van der Waals surface area contributed by atoms with E-state index in [2.05, 4.69) is 5.32 Å². The Kier molecular flexibility index (Phi) is 7.96. The fourth-order valence-corrected chi connectivity index (χ4v) is 2.92. The van der Waals surface area contributed by atoms with Crippen LogP contribution < -0.4 is 19.5 Å². The zero-order chi connectivity index (χ0) is 20.7. The van der Waals surface area contributed by atoms with E-state index in [9.17, 15) is 4.79 Å². The van der Waals surface area contributed by atoms with Crippen LogP contribution in [0.25, 0.3) is 0 Å². The molecule has 7 heteroatoms. The monoisotopic (exact) mass is 406 g/mol. The number of hydrogen-bond acceptors (Lipinski definition) is 5. The molecular formula is C21H27ClN2O4. The Morgan fingerprint density at radius 3 is 2.32 bits per heavy atom. The normalized spacial score (nSPS) is 11.8. The van der Waals surface area contributed by atoms with Gasteiger partial charge in [0, 0.05) is 11.6 Å². The highest BCUT2D eigenvalue weighted by atomic mass is 35.5. The van der Waals surface area contributed by atoms with Gasteiger partial charge in [0.1, 0.15) is 5.75 Å². The van der Waals surface area contributed by atoms with Crippen molar-refractivity contribution in [2.45, 2.75) is 19.4 Å². The van der Waals surface area contributed by atoms with E-state index >= 15 is 0 Å². The Morgan fingerprint density at radius 1 is 1.04 bits per heavy atom. The maximum absolute atomic E-state index is 12.6. The number of carbonyl (C=O) groups excluding carboxylic acids is 1. The topological polar surface area (TPSA) is 60.0 Å². The van der Waals surface area contributed by atoms with E-state index in [4.69, 9.17) is 25.8 Å². The molecule has 0 saturated carbocycles. The van der Waals surface area contributed by atoms with Gasteiger partial charge in [-0.25, -0.2) is 0 Å². The number of benzene rings is 2. The molecule has 2 aromatic carbocycles. The van der Waals surface area contributed by atoms with Crippen LogP contribution in [0, 0.1) is 0 Å². The first kappa shape index (κ1) is 21.9. The molecule has 0 aliphatic heterocycles. The standard InChI is InChI=1S/C21H27ClN2O4/c1-14(21(25)23-17-13-16(22)7-9-18(17)26-3)24(2)11-10-15-6-8-19(27-4)20(12-15)28-5/h6-9,12-14H,10-11H2,1-5H3,(H,23,25)/t14-/m0/s1. The zero-order valence-corrected chi connectivity index (χ0v) is 17.7. The fourth-order valence-electron chi connectivity index (χ4n) is 2.75. The highest BCUT2D eigenvalue weighted by Crippen LogP contribution is 2.29. The molecule has 28 heavy (non-hydrogen) atoms. The number of methoxy groups -OCH3 is 3. The van der Waals surface area contributed by atoms with Crippen molar-refractivity contribution in [3.8, 4) is 17.2 Å². The van der Waals surface area contributed by atoms with Crippen LogP contribution in [-0.4, -0.2) is 51.8 Å². The van der Waals surface area contributed by atoms with Gasteiger partial charge in [-0.15, -0.1) is 0 Å². The van der Waals surface area contributed by atoms with Crippen LogP contribution in [0.5, 0.6) is 17.2 Å². The van der Waals surface area contributed by atoms with Crippen molar-refractivity contribution in [2.75, 3.05) is 40.2 Å². The summed E-state index contributed by atoms with van der Waals surface area (Å²) in [6, 6.07) is 10.6. The molecule has 6 nitrogen and oxygen atoms in total. The molecule has 1 amide bonds. The van der Waals surface area contributed by atoms with Crippen molar-refractivity contribution in [1.29, 1.82) is 0 Å². The van der Waals surface area contributed by atoms with Crippen LogP contribution in [-0.2, 0) is 11.2 Å². The van der Waals surface area contributed by atoms with Gasteiger partial charge in [-0.3, -0.25) is 9.69 Å². The SMILES string of the molecule is COc1ccc(Cl)cc1NC(=O)[C@H](C)N(C)CCc1ccc(OC)c(OC)c1. The molecule has 0 bridgehead atoms. The van der Waals surface area contributed by atoms with Crippen molar-refractivity contribution in [3.05, 3.63) is 47.0 Å². The van der Waals surface area contributed by atoms with Gasteiger partial charge in [0.15, 0.2) is 11.5 Å². The van der Waals surface area contributed by atoms with Crippen LogP contribution in [0.4, 0.5) is 5.69 Å². The summed E-state index contributed by atoms with van der Waals surface area (Å²) in [4.78, 5) is 14.6.